The van der Waals surface area contributed by atoms with Gasteiger partial charge in [0.05, 0.1) is 0 Å². The van der Waals surface area contributed by atoms with Gasteiger partial charge in [-0.05, 0) is 28.3 Å². The van der Waals surface area contributed by atoms with E-state index in [1.807, 2.05) is 0 Å². The van der Waals surface area contributed by atoms with Crippen LogP contribution < -0.4 is 22.9 Å². The second-order valence-electron chi connectivity index (χ2n) is 7.35. The summed E-state index contributed by atoms with van der Waals surface area (Å²) in [6.07, 6.45) is -6.69. The predicted molar refractivity (Wildman–Crippen MR) is 107 cm³/mol. The molecule has 170 valence electrons. The van der Waals surface area contributed by atoms with Gasteiger partial charge in [0.15, 0.2) is 11.3 Å². The molecular weight excluding hydrogens is 436 g/mol. The van der Waals surface area contributed by atoms with Crippen LogP contribution in [0.15, 0.2) is 67.0 Å². The van der Waals surface area contributed by atoms with Crippen LogP contribution in [0.1, 0.15) is 11.1 Å². The van der Waals surface area contributed by atoms with Crippen LogP contribution >= 0.6 is 0 Å². The number of halogens is 6. The number of rotatable bonds is 4. The normalized spacial score (nSPS) is 13.3. The summed E-state index contributed by atoms with van der Waals surface area (Å²) >= 11 is 0. The fourth-order valence-electron chi connectivity index (χ4n) is 2.96. The van der Waals surface area contributed by atoms with E-state index < -0.39 is 23.7 Å². The summed E-state index contributed by atoms with van der Waals surface area (Å²) < 4.78 is 78.1. The molecule has 0 spiro atoms. The summed E-state index contributed by atoms with van der Waals surface area (Å²) in [5.74, 6) is 0. The fraction of sp³-hybridized carbons (Fsp3) is 0.190. The van der Waals surface area contributed by atoms with Gasteiger partial charge in [0, 0.05) is 23.5 Å². The van der Waals surface area contributed by atoms with Gasteiger partial charge in [0.25, 0.3) is 0 Å². The first-order valence-electron chi connectivity index (χ1n) is 9.10. The molecule has 0 unspecified atom stereocenters. The zero-order valence-corrected chi connectivity index (χ0v) is 16.4. The van der Waals surface area contributed by atoms with Gasteiger partial charge in [-0.3, -0.25) is 4.98 Å². The van der Waals surface area contributed by atoms with Crippen LogP contribution in [0.5, 0.6) is 0 Å². The number of hydrogen-bond donors (Lipinski definition) is 4. The van der Waals surface area contributed by atoms with E-state index in [1.165, 1.54) is 60.9 Å². The van der Waals surface area contributed by atoms with E-state index in [0.29, 0.717) is 22.3 Å². The van der Waals surface area contributed by atoms with E-state index in [4.69, 9.17) is 22.9 Å². The monoisotopic (exact) mass is 455 g/mol. The van der Waals surface area contributed by atoms with Crippen molar-refractivity contribution in [1.29, 1.82) is 0 Å². The maximum Gasteiger partial charge on any atom is 0.423 e. The summed E-state index contributed by atoms with van der Waals surface area (Å²) in [7, 11) is 0. The molecule has 0 radical (unpaired) electrons. The van der Waals surface area contributed by atoms with Crippen LogP contribution in [-0.4, -0.2) is 17.3 Å². The van der Waals surface area contributed by atoms with Crippen LogP contribution in [0.2, 0.25) is 0 Å². The van der Waals surface area contributed by atoms with E-state index in [-0.39, 0.29) is 11.1 Å². The molecule has 5 nitrogen and oxygen atoms in total. The molecule has 8 N–H and O–H groups in total. The summed E-state index contributed by atoms with van der Waals surface area (Å²) in [5.41, 5.74) is 16.5. The minimum Gasteiger partial charge on any atom is -0.302 e. The Balaban J connectivity index is 1.90. The van der Waals surface area contributed by atoms with Gasteiger partial charge in [-0.25, -0.2) is 0 Å². The molecule has 3 rings (SSSR count). The number of hydrogen-bond acceptors (Lipinski definition) is 5. The molecule has 0 aliphatic heterocycles. The molecule has 0 saturated carbocycles. The highest BCUT2D eigenvalue weighted by molar-refractivity contribution is 5.72. The van der Waals surface area contributed by atoms with Gasteiger partial charge < -0.3 is 22.9 Å². The van der Waals surface area contributed by atoms with Crippen LogP contribution in [0.4, 0.5) is 26.3 Å². The third-order valence-corrected chi connectivity index (χ3v) is 5.07. The Kier molecular flexibility index (Phi) is 5.81. The summed E-state index contributed by atoms with van der Waals surface area (Å²) in [4.78, 5) is 4.10. The van der Waals surface area contributed by atoms with Gasteiger partial charge in [0.2, 0.25) is 0 Å². The zero-order chi connectivity index (χ0) is 23.9. The molecule has 0 saturated heterocycles. The number of benzene rings is 2. The third-order valence-electron chi connectivity index (χ3n) is 5.07. The Morgan fingerprint density at radius 2 is 0.812 bits per heavy atom. The van der Waals surface area contributed by atoms with E-state index in [9.17, 15) is 26.3 Å². The highest BCUT2D eigenvalue weighted by Gasteiger charge is 2.51. The smallest absolute Gasteiger partial charge is 0.302 e. The summed E-state index contributed by atoms with van der Waals surface area (Å²) in [5, 5.41) is 0. The molecular formula is C21H19F6N5. The lowest BCUT2D eigenvalue weighted by atomic mass is 9.95. The Morgan fingerprint density at radius 1 is 0.500 bits per heavy atom. The zero-order valence-electron chi connectivity index (χ0n) is 16.4. The molecule has 1 heterocycles. The quantitative estimate of drug-likeness (QED) is 0.354. The molecule has 32 heavy (non-hydrogen) atoms. The molecule has 3 aromatic rings. The maximum atomic E-state index is 13.0. The highest BCUT2D eigenvalue weighted by Crippen LogP contribution is 2.35. The molecule has 0 bridgehead atoms. The van der Waals surface area contributed by atoms with E-state index in [2.05, 4.69) is 4.98 Å². The first-order chi connectivity index (χ1) is 14.6. The lowest BCUT2D eigenvalue weighted by Crippen LogP contribution is -2.57. The van der Waals surface area contributed by atoms with Crippen molar-refractivity contribution in [2.45, 2.75) is 23.7 Å². The van der Waals surface area contributed by atoms with Crippen molar-refractivity contribution in [3.05, 3.63) is 78.1 Å². The molecule has 2 aromatic carbocycles. The van der Waals surface area contributed by atoms with E-state index in [0.717, 1.165) is 0 Å². The van der Waals surface area contributed by atoms with Crippen molar-refractivity contribution in [3.8, 4) is 22.3 Å². The summed E-state index contributed by atoms with van der Waals surface area (Å²) in [6.45, 7) is 0. The third kappa shape index (κ3) is 4.32. The predicted octanol–water partition coefficient (Wildman–Crippen LogP) is 3.68. The molecule has 11 heteroatoms. The molecule has 0 aliphatic carbocycles. The maximum absolute atomic E-state index is 13.0. The van der Waals surface area contributed by atoms with Crippen molar-refractivity contribution in [1.82, 2.24) is 4.98 Å². The van der Waals surface area contributed by atoms with Crippen molar-refractivity contribution in [3.63, 3.8) is 0 Å². The lowest BCUT2D eigenvalue weighted by molar-refractivity contribution is -0.188. The number of pyridine rings is 1. The summed E-state index contributed by atoms with van der Waals surface area (Å²) in [6, 6.07) is 12.0. The number of aromatic nitrogens is 1. The van der Waals surface area contributed by atoms with Gasteiger partial charge in [0.1, 0.15) is 0 Å². The van der Waals surface area contributed by atoms with Crippen LogP contribution in [0.25, 0.3) is 22.3 Å². The van der Waals surface area contributed by atoms with Crippen LogP contribution in [0, 0.1) is 0 Å². The van der Waals surface area contributed by atoms with E-state index in [1.54, 1.807) is 6.07 Å². The average Bonchev–Trinajstić information content (AvgIpc) is 2.72. The standard InChI is InChI=1S/C21H19F6N5/c22-20(23,24)18(28,29)16-5-1-12(2-6-16)14-9-15(11-32-10-14)13-3-7-17(8-4-13)19(30,31)21(25,26)27/h1-11H,28-31H2. The fourth-order valence-corrected chi connectivity index (χ4v) is 2.96. The minimum atomic E-state index is -4.83. The van der Waals surface area contributed by atoms with E-state index >= 15 is 0 Å². The molecule has 0 aliphatic rings. The number of nitrogens with zero attached hydrogens (tertiary/aromatic N) is 1. The average molecular weight is 455 g/mol. The second kappa shape index (κ2) is 7.85. The highest BCUT2D eigenvalue weighted by atomic mass is 19.4. The SMILES string of the molecule is NC(N)(c1ccc(-c2cncc(-c3ccc(C(N)(N)C(F)(F)F)cc3)c2)cc1)C(F)(F)F. The molecule has 0 amide bonds. The van der Waals surface area contributed by atoms with Gasteiger partial charge in [-0.2, -0.15) is 26.3 Å². The first kappa shape index (κ1) is 23.7. The second-order valence-corrected chi connectivity index (χ2v) is 7.35. The number of nitrogens with two attached hydrogens (primary N) is 4. The van der Waals surface area contributed by atoms with Crippen molar-refractivity contribution in [2.24, 2.45) is 22.9 Å². The topological polar surface area (TPSA) is 117 Å². The van der Waals surface area contributed by atoms with Gasteiger partial charge >= 0.3 is 12.4 Å². The Hall–Kier alpha value is -2.99. The lowest BCUT2D eigenvalue weighted by Gasteiger charge is -2.28. The molecule has 1 aromatic heterocycles. The number of alkyl halides is 6. The Morgan fingerprint density at radius 3 is 1.09 bits per heavy atom. The van der Waals surface area contributed by atoms with Crippen molar-refractivity contribution >= 4 is 0 Å². The van der Waals surface area contributed by atoms with Gasteiger partial charge in [-0.1, -0.05) is 48.5 Å². The first-order valence-corrected chi connectivity index (χ1v) is 9.10. The Bertz CT molecular complexity index is 1000. The molecule has 0 fully saturated rings. The van der Waals surface area contributed by atoms with Crippen molar-refractivity contribution in [2.75, 3.05) is 0 Å². The van der Waals surface area contributed by atoms with Crippen LogP contribution in [-0.2, 0) is 11.3 Å². The minimum absolute atomic E-state index is 0.315. The van der Waals surface area contributed by atoms with Crippen molar-refractivity contribution < 1.29 is 26.3 Å². The Labute approximate surface area is 179 Å². The largest absolute Gasteiger partial charge is 0.423 e. The molecule has 0 atom stereocenters. The van der Waals surface area contributed by atoms with Gasteiger partial charge in [-0.15, -0.1) is 0 Å². The van der Waals surface area contributed by atoms with Crippen LogP contribution in [0.3, 0.4) is 0 Å².